The van der Waals surface area contributed by atoms with Crippen LogP contribution in [0.5, 0.6) is 0 Å². The Bertz CT molecular complexity index is 768. The number of hydrogen-bond donors (Lipinski definition) is 1. The Balaban J connectivity index is 1.50. The minimum Gasteiger partial charge on any atom is -0.408 e. The second-order valence-corrected chi connectivity index (χ2v) is 6.82. The molecule has 0 radical (unpaired) electrons. The molecule has 2 aliphatic rings. The number of nitrogens with zero attached hydrogens (tertiary/aromatic N) is 5. The van der Waals surface area contributed by atoms with Crippen molar-refractivity contribution < 1.29 is 13.9 Å². The molecule has 2 saturated heterocycles. The molecule has 4 heterocycles. The molecule has 4 rings (SSSR count). The number of piperidine rings is 1. The third-order valence-corrected chi connectivity index (χ3v) is 4.79. The van der Waals surface area contributed by atoms with Crippen molar-refractivity contribution in [2.24, 2.45) is 0 Å². The summed E-state index contributed by atoms with van der Waals surface area (Å²) >= 11 is 0. The van der Waals surface area contributed by atoms with Crippen molar-refractivity contribution in [3.8, 4) is 0 Å². The molecule has 1 spiro atoms. The Labute approximate surface area is 145 Å². The number of anilines is 1. The quantitative estimate of drug-likeness (QED) is 0.863. The number of hydrogen-bond acceptors (Lipinski definition) is 7. The van der Waals surface area contributed by atoms with Crippen LogP contribution in [0, 0.1) is 13.8 Å². The van der Waals surface area contributed by atoms with Crippen molar-refractivity contribution in [1.82, 2.24) is 25.3 Å². The van der Waals surface area contributed by atoms with Gasteiger partial charge in [0.15, 0.2) is 0 Å². The van der Waals surface area contributed by atoms with E-state index in [2.05, 4.69) is 25.3 Å². The van der Waals surface area contributed by atoms with Crippen LogP contribution in [-0.4, -0.2) is 69.6 Å². The highest BCUT2D eigenvalue weighted by molar-refractivity contribution is 5.92. The largest absolute Gasteiger partial charge is 0.408 e. The Morgan fingerprint density at radius 1 is 1.28 bits per heavy atom. The van der Waals surface area contributed by atoms with Crippen molar-refractivity contribution in [3.05, 3.63) is 23.3 Å². The van der Waals surface area contributed by atoms with Gasteiger partial charge in [-0.15, -0.1) is 5.10 Å². The molecule has 1 N–H and O–H groups in total. The van der Waals surface area contributed by atoms with Crippen LogP contribution in [-0.2, 0) is 4.74 Å². The normalized spacial score (nSPS) is 24.1. The zero-order valence-electron chi connectivity index (χ0n) is 14.5. The number of aromatic nitrogens is 4. The number of rotatable bonds is 2. The van der Waals surface area contributed by atoms with E-state index in [4.69, 9.17) is 9.15 Å². The van der Waals surface area contributed by atoms with E-state index < -0.39 is 5.60 Å². The van der Waals surface area contributed by atoms with Gasteiger partial charge in [-0.2, -0.15) is 5.10 Å². The van der Waals surface area contributed by atoms with Crippen LogP contribution < -0.4 is 4.90 Å². The van der Waals surface area contributed by atoms with Crippen molar-refractivity contribution in [3.63, 3.8) is 0 Å². The summed E-state index contributed by atoms with van der Waals surface area (Å²) in [6.45, 7) is 6.78. The highest BCUT2D eigenvalue weighted by Gasteiger charge is 2.43. The Kier molecular flexibility index (Phi) is 3.95. The number of ether oxygens (including phenoxy) is 1. The molecule has 0 bridgehead atoms. The van der Waals surface area contributed by atoms with E-state index in [-0.39, 0.29) is 5.91 Å². The van der Waals surface area contributed by atoms with Crippen LogP contribution in [0.1, 0.15) is 34.9 Å². The summed E-state index contributed by atoms with van der Waals surface area (Å²) in [5.41, 5.74) is 0.927. The van der Waals surface area contributed by atoms with Crippen molar-refractivity contribution in [2.45, 2.75) is 32.3 Å². The van der Waals surface area contributed by atoms with Gasteiger partial charge in [-0.25, -0.2) is 0 Å². The topological polar surface area (TPSA) is 100 Å². The maximum Gasteiger partial charge on any atom is 0.318 e. The van der Waals surface area contributed by atoms with Gasteiger partial charge in [0.2, 0.25) is 5.89 Å². The molecule has 1 unspecified atom stereocenters. The number of carbonyl (C=O) groups excluding carboxylic acids is 1. The Morgan fingerprint density at radius 2 is 2.16 bits per heavy atom. The van der Waals surface area contributed by atoms with Crippen molar-refractivity contribution in [1.29, 1.82) is 0 Å². The minimum atomic E-state index is -0.403. The average Bonchev–Trinajstić information content (AvgIpc) is 3.23. The van der Waals surface area contributed by atoms with Gasteiger partial charge < -0.3 is 19.0 Å². The third kappa shape index (κ3) is 3.11. The number of aromatic amines is 1. The lowest BCUT2D eigenvalue weighted by Crippen LogP contribution is -2.61. The van der Waals surface area contributed by atoms with Gasteiger partial charge in [-0.1, -0.05) is 5.10 Å². The van der Waals surface area contributed by atoms with E-state index in [1.54, 1.807) is 13.0 Å². The fraction of sp³-hybridized carbons (Fsp3) is 0.625. The summed E-state index contributed by atoms with van der Waals surface area (Å²) in [5.74, 6) is 0.489. The summed E-state index contributed by atoms with van der Waals surface area (Å²) in [7, 11) is 0. The summed E-state index contributed by atoms with van der Waals surface area (Å²) in [5, 5.41) is 14.9. The van der Waals surface area contributed by atoms with Crippen LogP contribution in [0.2, 0.25) is 0 Å². The third-order valence-electron chi connectivity index (χ3n) is 4.79. The summed E-state index contributed by atoms with van der Waals surface area (Å²) < 4.78 is 11.7. The van der Waals surface area contributed by atoms with Crippen LogP contribution in [0.3, 0.4) is 0 Å². The SMILES string of the molecule is Cc1cc(C(=O)N2CCOC3(CCCN(c4nnc(C)o4)C3)C2)n[nH]1. The first kappa shape index (κ1) is 16.1. The first-order chi connectivity index (χ1) is 12.0. The number of carbonyl (C=O) groups is 1. The zero-order chi connectivity index (χ0) is 17.4. The number of amides is 1. The molecule has 134 valence electrons. The molecule has 2 fully saturated rings. The van der Waals surface area contributed by atoms with E-state index in [0.717, 1.165) is 25.1 Å². The Hall–Kier alpha value is -2.42. The lowest BCUT2D eigenvalue weighted by molar-refractivity contribution is -0.105. The fourth-order valence-corrected chi connectivity index (χ4v) is 3.63. The molecule has 1 atom stereocenters. The molecule has 9 heteroatoms. The molecular weight excluding hydrogens is 324 g/mol. The standard InChI is InChI=1S/C16H22N6O3/c1-11-8-13(19-17-11)14(23)21-6-7-24-16(9-21)4-3-5-22(10-16)15-20-18-12(2)25-15/h8H,3-7,9-10H2,1-2H3,(H,17,19). The average molecular weight is 346 g/mol. The number of nitrogens with one attached hydrogen (secondary N) is 1. The molecule has 1 amide bonds. The van der Waals surface area contributed by atoms with Gasteiger partial charge in [-0.05, 0) is 25.8 Å². The van der Waals surface area contributed by atoms with E-state index in [1.807, 2.05) is 11.8 Å². The molecule has 0 saturated carbocycles. The molecule has 2 aromatic rings. The van der Waals surface area contributed by atoms with Crippen molar-refractivity contribution in [2.75, 3.05) is 37.7 Å². The van der Waals surface area contributed by atoms with E-state index in [0.29, 0.717) is 43.8 Å². The predicted octanol–water partition coefficient (Wildman–Crippen LogP) is 0.921. The van der Waals surface area contributed by atoms with Crippen LogP contribution >= 0.6 is 0 Å². The summed E-state index contributed by atoms with van der Waals surface area (Å²) in [4.78, 5) is 16.6. The van der Waals surface area contributed by atoms with Gasteiger partial charge in [-0.3, -0.25) is 9.89 Å². The molecule has 0 aromatic carbocycles. The fourth-order valence-electron chi connectivity index (χ4n) is 3.63. The molecule has 25 heavy (non-hydrogen) atoms. The monoisotopic (exact) mass is 346 g/mol. The molecular formula is C16H22N6O3. The first-order valence-electron chi connectivity index (χ1n) is 8.55. The number of morpholine rings is 1. The molecule has 0 aliphatic carbocycles. The molecule has 2 aliphatic heterocycles. The second-order valence-electron chi connectivity index (χ2n) is 6.82. The van der Waals surface area contributed by atoms with Crippen LogP contribution in [0.4, 0.5) is 6.01 Å². The van der Waals surface area contributed by atoms with Gasteiger partial charge in [0.1, 0.15) is 11.3 Å². The lowest BCUT2D eigenvalue weighted by atomic mass is 9.90. The number of aryl methyl sites for hydroxylation is 2. The first-order valence-corrected chi connectivity index (χ1v) is 8.55. The number of H-pyrrole nitrogens is 1. The van der Waals surface area contributed by atoms with E-state index in [1.165, 1.54) is 0 Å². The maximum atomic E-state index is 12.7. The second kappa shape index (κ2) is 6.14. The predicted molar refractivity (Wildman–Crippen MR) is 88.4 cm³/mol. The summed E-state index contributed by atoms with van der Waals surface area (Å²) in [6, 6.07) is 2.30. The zero-order valence-corrected chi connectivity index (χ0v) is 14.5. The van der Waals surface area contributed by atoms with Crippen molar-refractivity contribution >= 4 is 11.9 Å². The highest BCUT2D eigenvalue weighted by atomic mass is 16.5. The summed E-state index contributed by atoms with van der Waals surface area (Å²) in [6.07, 6.45) is 1.85. The highest BCUT2D eigenvalue weighted by Crippen LogP contribution is 2.31. The smallest absolute Gasteiger partial charge is 0.318 e. The molecule has 9 nitrogen and oxygen atoms in total. The molecule has 2 aromatic heterocycles. The maximum absolute atomic E-state index is 12.7. The van der Waals surface area contributed by atoms with Gasteiger partial charge in [0, 0.05) is 25.7 Å². The lowest BCUT2D eigenvalue weighted by Gasteiger charge is -2.47. The van der Waals surface area contributed by atoms with E-state index >= 15 is 0 Å². The van der Waals surface area contributed by atoms with E-state index in [9.17, 15) is 4.79 Å². The van der Waals surface area contributed by atoms with Crippen LogP contribution in [0.15, 0.2) is 10.5 Å². The minimum absolute atomic E-state index is 0.0576. The van der Waals surface area contributed by atoms with Gasteiger partial charge in [0.25, 0.3) is 5.91 Å². The van der Waals surface area contributed by atoms with Gasteiger partial charge >= 0.3 is 6.01 Å². The van der Waals surface area contributed by atoms with Crippen LogP contribution in [0.25, 0.3) is 0 Å². The van der Waals surface area contributed by atoms with Gasteiger partial charge in [0.05, 0.1) is 19.7 Å². The Morgan fingerprint density at radius 3 is 2.88 bits per heavy atom.